The Morgan fingerprint density at radius 1 is 1.50 bits per heavy atom. The summed E-state index contributed by atoms with van der Waals surface area (Å²) in [5.74, 6) is 0.314. The molecule has 0 radical (unpaired) electrons. The van der Waals surface area contributed by atoms with Gasteiger partial charge in [-0.05, 0) is 19.4 Å². The first-order chi connectivity index (χ1) is 9.50. The second kappa shape index (κ2) is 6.47. The smallest absolute Gasteiger partial charge is 0.244 e. The zero-order chi connectivity index (χ0) is 14.8. The Morgan fingerprint density at radius 3 is 2.85 bits per heavy atom. The van der Waals surface area contributed by atoms with E-state index >= 15 is 0 Å². The molecule has 0 bridgehead atoms. The van der Waals surface area contributed by atoms with Crippen LogP contribution in [0.1, 0.15) is 26.0 Å². The number of rotatable bonds is 5. The summed E-state index contributed by atoms with van der Waals surface area (Å²) in [7, 11) is -3.47. The largest absolute Gasteiger partial charge is 0.378 e. The maximum absolute atomic E-state index is 12.7. The number of alkyl halides is 1. The highest BCUT2D eigenvalue weighted by Gasteiger charge is 2.32. The van der Waals surface area contributed by atoms with Gasteiger partial charge in [0.05, 0.1) is 19.1 Å². The van der Waals surface area contributed by atoms with Crippen molar-refractivity contribution in [2.24, 2.45) is 0 Å². The Balaban J connectivity index is 2.33. The summed E-state index contributed by atoms with van der Waals surface area (Å²) >= 11 is 5.90. The molecule has 7 heteroatoms. The van der Waals surface area contributed by atoms with E-state index in [1.165, 1.54) is 4.31 Å². The standard InChI is InChI=1S/C13H21ClN2O3S/c1-3-4-15-9-13(7-12(15)8-14)20(17,18)16-5-6-19-10-11(16)2/h7,9,11H,3-6,8,10H2,1-2H3. The third kappa shape index (κ3) is 3.03. The number of ether oxygens (including phenoxy) is 1. The summed E-state index contributed by atoms with van der Waals surface area (Å²) in [6.07, 6.45) is 2.63. The highest BCUT2D eigenvalue weighted by Crippen LogP contribution is 2.23. The van der Waals surface area contributed by atoms with Crippen LogP contribution in [0.25, 0.3) is 0 Å². The average Bonchev–Trinajstić information content (AvgIpc) is 2.83. The summed E-state index contributed by atoms with van der Waals surface area (Å²) in [5, 5.41) is 0. The molecule has 1 atom stereocenters. The highest BCUT2D eigenvalue weighted by atomic mass is 35.5. The molecule has 2 heterocycles. The zero-order valence-corrected chi connectivity index (χ0v) is 13.5. The number of hydrogen-bond acceptors (Lipinski definition) is 3. The van der Waals surface area contributed by atoms with Crippen molar-refractivity contribution in [3.63, 3.8) is 0 Å². The Morgan fingerprint density at radius 2 is 2.25 bits per heavy atom. The molecule has 1 fully saturated rings. The van der Waals surface area contributed by atoms with Gasteiger partial charge in [-0.25, -0.2) is 8.42 Å². The van der Waals surface area contributed by atoms with Gasteiger partial charge in [-0.3, -0.25) is 0 Å². The maximum Gasteiger partial charge on any atom is 0.244 e. The fourth-order valence-electron chi connectivity index (χ4n) is 2.43. The number of aromatic nitrogens is 1. The minimum atomic E-state index is -3.47. The third-order valence-electron chi connectivity index (χ3n) is 3.48. The first-order valence-electron chi connectivity index (χ1n) is 6.85. The molecule has 0 amide bonds. The van der Waals surface area contributed by atoms with Crippen molar-refractivity contribution in [1.82, 2.24) is 8.87 Å². The van der Waals surface area contributed by atoms with E-state index in [1.54, 1.807) is 12.3 Å². The van der Waals surface area contributed by atoms with Crippen LogP contribution in [0.15, 0.2) is 17.2 Å². The predicted molar refractivity (Wildman–Crippen MR) is 78.5 cm³/mol. The number of nitrogens with zero attached hydrogens (tertiary/aromatic N) is 2. The predicted octanol–water partition coefficient (Wildman–Crippen LogP) is 2.05. The molecule has 1 aliphatic heterocycles. The SMILES string of the molecule is CCCn1cc(S(=O)(=O)N2CCOCC2C)cc1CCl. The molecule has 5 nitrogen and oxygen atoms in total. The van der Waals surface area contributed by atoms with Gasteiger partial charge in [0.1, 0.15) is 4.90 Å². The lowest BCUT2D eigenvalue weighted by Crippen LogP contribution is -2.46. The fraction of sp³-hybridized carbons (Fsp3) is 0.692. The Bertz CT molecular complexity index is 556. The second-order valence-corrected chi connectivity index (χ2v) is 7.19. The van der Waals surface area contributed by atoms with E-state index in [1.807, 2.05) is 11.5 Å². The van der Waals surface area contributed by atoms with Gasteiger partial charge < -0.3 is 9.30 Å². The number of sulfonamides is 1. The topological polar surface area (TPSA) is 51.5 Å². The number of hydrogen-bond donors (Lipinski definition) is 0. The fourth-order valence-corrected chi connectivity index (χ4v) is 4.33. The van der Waals surface area contributed by atoms with Crippen molar-refractivity contribution in [3.05, 3.63) is 18.0 Å². The van der Waals surface area contributed by atoms with Crippen molar-refractivity contribution >= 4 is 21.6 Å². The van der Waals surface area contributed by atoms with Crippen LogP contribution in [0.3, 0.4) is 0 Å². The van der Waals surface area contributed by atoms with Gasteiger partial charge in [0.25, 0.3) is 0 Å². The van der Waals surface area contributed by atoms with Crippen molar-refractivity contribution in [2.75, 3.05) is 19.8 Å². The quantitative estimate of drug-likeness (QED) is 0.780. The molecule has 1 saturated heterocycles. The molecule has 0 aromatic carbocycles. The molecule has 1 aromatic rings. The average molecular weight is 321 g/mol. The molecule has 2 rings (SSSR count). The van der Waals surface area contributed by atoms with Gasteiger partial charge in [-0.2, -0.15) is 4.31 Å². The van der Waals surface area contributed by atoms with Gasteiger partial charge in [0.15, 0.2) is 0 Å². The summed E-state index contributed by atoms with van der Waals surface area (Å²) in [6.45, 7) is 5.98. The van der Waals surface area contributed by atoms with Gasteiger partial charge >= 0.3 is 0 Å². The van der Waals surface area contributed by atoms with E-state index in [9.17, 15) is 8.42 Å². The third-order valence-corrected chi connectivity index (χ3v) is 5.73. The Kier molecular flexibility index (Phi) is 5.12. The van der Waals surface area contributed by atoms with Crippen molar-refractivity contribution in [3.8, 4) is 0 Å². The van der Waals surface area contributed by atoms with Crippen molar-refractivity contribution in [2.45, 2.75) is 43.6 Å². The van der Waals surface area contributed by atoms with Crippen LogP contribution >= 0.6 is 11.6 Å². The van der Waals surface area contributed by atoms with Crippen LogP contribution in [0.2, 0.25) is 0 Å². The molecule has 1 aromatic heterocycles. The van der Waals surface area contributed by atoms with E-state index < -0.39 is 10.0 Å². The molecule has 0 saturated carbocycles. The Labute approximate surface area is 125 Å². The summed E-state index contributed by atoms with van der Waals surface area (Å²) in [5.41, 5.74) is 0.841. The Hall–Kier alpha value is -0.560. The van der Waals surface area contributed by atoms with Gasteiger partial charge in [0, 0.05) is 31.0 Å². The van der Waals surface area contributed by atoms with Crippen molar-refractivity contribution < 1.29 is 13.2 Å². The minimum Gasteiger partial charge on any atom is -0.378 e. The molecule has 114 valence electrons. The number of aryl methyl sites for hydroxylation is 1. The monoisotopic (exact) mass is 320 g/mol. The highest BCUT2D eigenvalue weighted by molar-refractivity contribution is 7.89. The van der Waals surface area contributed by atoms with Crippen LogP contribution in [0.4, 0.5) is 0 Å². The van der Waals surface area contributed by atoms with E-state index in [2.05, 4.69) is 6.92 Å². The van der Waals surface area contributed by atoms with E-state index in [-0.39, 0.29) is 6.04 Å². The second-order valence-electron chi connectivity index (χ2n) is 5.03. The summed E-state index contributed by atoms with van der Waals surface area (Å²) in [4.78, 5) is 0.329. The van der Waals surface area contributed by atoms with Gasteiger partial charge in [-0.1, -0.05) is 6.92 Å². The lowest BCUT2D eigenvalue weighted by atomic mass is 10.3. The van der Waals surface area contributed by atoms with E-state index in [0.29, 0.717) is 30.5 Å². The van der Waals surface area contributed by atoms with Gasteiger partial charge in [0.2, 0.25) is 10.0 Å². The molecule has 1 unspecified atom stereocenters. The molecular formula is C13H21ClN2O3S. The lowest BCUT2D eigenvalue weighted by molar-refractivity contribution is 0.0393. The number of morpholine rings is 1. The molecule has 20 heavy (non-hydrogen) atoms. The first kappa shape index (κ1) is 15.8. The van der Waals surface area contributed by atoms with Gasteiger partial charge in [-0.15, -0.1) is 11.6 Å². The van der Waals surface area contributed by atoms with E-state index in [0.717, 1.165) is 18.7 Å². The van der Waals surface area contributed by atoms with Crippen LogP contribution < -0.4 is 0 Å². The summed E-state index contributed by atoms with van der Waals surface area (Å²) in [6, 6.07) is 1.54. The van der Waals surface area contributed by atoms with Crippen LogP contribution in [-0.2, 0) is 27.2 Å². The first-order valence-corrected chi connectivity index (χ1v) is 8.82. The summed E-state index contributed by atoms with van der Waals surface area (Å²) < 4.78 is 34.1. The zero-order valence-electron chi connectivity index (χ0n) is 11.9. The van der Waals surface area contributed by atoms with Crippen molar-refractivity contribution in [1.29, 1.82) is 0 Å². The molecule has 0 aliphatic carbocycles. The van der Waals surface area contributed by atoms with Crippen LogP contribution in [-0.4, -0.2) is 43.1 Å². The number of halogens is 1. The minimum absolute atomic E-state index is 0.136. The molecule has 0 spiro atoms. The molecule has 0 N–H and O–H groups in total. The molecule has 1 aliphatic rings. The lowest BCUT2D eigenvalue weighted by Gasteiger charge is -2.31. The van der Waals surface area contributed by atoms with Crippen LogP contribution in [0.5, 0.6) is 0 Å². The normalized spacial score (nSPS) is 21.2. The van der Waals surface area contributed by atoms with Crippen LogP contribution in [0, 0.1) is 0 Å². The van der Waals surface area contributed by atoms with E-state index in [4.69, 9.17) is 16.3 Å². The maximum atomic E-state index is 12.7. The molecular weight excluding hydrogens is 300 g/mol.